The number of aliphatic hydroxyl groups excluding tert-OH is 1. The molecule has 0 spiro atoms. The molecular weight excluding hydrogens is 290 g/mol. The molecule has 3 heterocycles. The molecule has 3 aromatic rings. The number of aromatic nitrogens is 4. The molecule has 6 nitrogen and oxygen atoms in total. The van der Waals surface area contributed by atoms with Crippen molar-refractivity contribution >= 4 is 22.1 Å². The summed E-state index contributed by atoms with van der Waals surface area (Å²) in [6.07, 6.45) is 8.48. The van der Waals surface area contributed by atoms with Gasteiger partial charge in [0.05, 0.1) is 17.8 Å². The Morgan fingerprint density at radius 3 is 2.91 bits per heavy atom. The molecule has 3 aromatic heterocycles. The first-order valence-corrected chi connectivity index (χ1v) is 8.12. The maximum absolute atomic E-state index is 9.75. The van der Waals surface area contributed by atoms with Crippen LogP contribution in [-0.2, 0) is 6.61 Å². The molecule has 1 saturated carbocycles. The van der Waals surface area contributed by atoms with Crippen molar-refractivity contribution < 1.29 is 5.11 Å². The van der Waals surface area contributed by atoms with Crippen molar-refractivity contribution in [2.75, 3.05) is 0 Å². The first-order valence-electron chi connectivity index (χ1n) is 8.12. The zero-order valence-corrected chi connectivity index (χ0v) is 12.9. The van der Waals surface area contributed by atoms with Gasteiger partial charge in [-0.25, -0.2) is 9.97 Å². The van der Waals surface area contributed by atoms with Crippen molar-refractivity contribution in [1.29, 1.82) is 5.26 Å². The molecule has 0 bridgehead atoms. The fourth-order valence-electron chi connectivity index (χ4n) is 3.88. The molecule has 0 amide bonds. The number of aliphatic hydroxyl groups is 1. The van der Waals surface area contributed by atoms with Gasteiger partial charge in [-0.15, -0.1) is 0 Å². The highest BCUT2D eigenvalue weighted by Crippen LogP contribution is 2.37. The SMILES string of the molecule is N#CCC1CCC(n2c(CO)nc3cnc4[nH]ccc4c32)CC1. The molecule has 1 aliphatic carbocycles. The maximum Gasteiger partial charge on any atom is 0.139 e. The molecule has 0 atom stereocenters. The summed E-state index contributed by atoms with van der Waals surface area (Å²) in [5.74, 6) is 1.22. The number of H-pyrrole nitrogens is 1. The second-order valence-corrected chi connectivity index (χ2v) is 6.32. The highest BCUT2D eigenvalue weighted by molar-refractivity contribution is 6.01. The Bertz CT molecular complexity index is 880. The van der Waals surface area contributed by atoms with Gasteiger partial charge in [0, 0.05) is 24.0 Å². The third-order valence-electron chi connectivity index (χ3n) is 5.01. The topological polar surface area (TPSA) is 90.5 Å². The molecule has 1 fully saturated rings. The maximum atomic E-state index is 9.75. The van der Waals surface area contributed by atoms with Crippen LogP contribution in [0.2, 0.25) is 0 Å². The van der Waals surface area contributed by atoms with Crippen molar-refractivity contribution in [3.8, 4) is 6.07 Å². The number of hydrogen-bond donors (Lipinski definition) is 2. The summed E-state index contributed by atoms with van der Waals surface area (Å²) in [6.45, 7) is -0.0707. The number of fused-ring (bicyclic) bond motifs is 3. The lowest BCUT2D eigenvalue weighted by atomic mass is 9.84. The van der Waals surface area contributed by atoms with Crippen LogP contribution in [0, 0.1) is 17.2 Å². The van der Waals surface area contributed by atoms with E-state index in [1.807, 2.05) is 12.3 Å². The molecule has 0 radical (unpaired) electrons. The van der Waals surface area contributed by atoms with Gasteiger partial charge in [-0.1, -0.05) is 0 Å². The lowest BCUT2D eigenvalue weighted by Gasteiger charge is -2.29. The Kier molecular flexibility index (Phi) is 3.50. The van der Waals surface area contributed by atoms with Crippen molar-refractivity contribution in [3.05, 3.63) is 24.3 Å². The van der Waals surface area contributed by atoms with E-state index in [1.54, 1.807) is 6.20 Å². The van der Waals surface area contributed by atoms with Crippen molar-refractivity contribution in [3.63, 3.8) is 0 Å². The van der Waals surface area contributed by atoms with Crippen LogP contribution < -0.4 is 0 Å². The minimum atomic E-state index is -0.0707. The first kappa shape index (κ1) is 14.2. The molecule has 0 saturated heterocycles. The fraction of sp³-hybridized carbons (Fsp3) is 0.471. The third kappa shape index (κ3) is 2.28. The quantitative estimate of drug-likeness (QED) is 0.778. The number of nitriles is 1. The molecule has 0 aliphatic heterocycles. The van der Waals surface area contributed by atoms with E-state index in [2.05, 4.69) is 25.6 Å². The molecule has 0 aromatic carbocycles. The van der Waals surface area contributed by atoms with Gasteiger partial charge in [0.2, 0.25) is 0 Å². The van der Waals surface area contributed by atoms with Gasteiger partial charge in [0.25, 0.3) is 0 Å². The Morgan fingerprint density at radius 1 is 1.35 bits per heavy atom. The second kappa shape index (κ2) is 5.67. The van der Waals surface area contributed by atoms with Crippen LogP contribution in [0.1, 0.15) is 44.0 Å². The molecule has 6 heteroatoms. The first-order chi connectivity index (χ1) is 11.3. The number of nitrogens with one attached hydrogen (secondary N) is 1. The van der Waals surface area contributed by atoms with Crippen LogP contribution in [0.15, 0.2) is 18.5 Å². The highest BCUT2D eigenvalue weighted by atomic mass is 16.3. The largest absolute Gasteiger partial charge is 0.388 e. The molecule has 23 heavy (non-hydrogen) atoms. The van der Waals surface area contributed by atoms with Crippen molar-refractivity contribution in [1.82, 2.24) is 19.5 Å². The summed E-state index contributed by atoms with van der Waals surface area (Å²) < 4.78 is 2.20. The average molecular weight is 309 g/mol. The Balaban J connectivity index is 1.79. The molecule has 2 N–H and O–H groups in total. The van der Waals surface area contributed by atoms with E-state index >= 15 is 0 Å². The van der Waals surface area contributed by atoms with E-state index in [9.17, 15) is 5.11 Å². The van der Waals surface area contributed by atoms with Gasteiger partial charge in [-0.3, -0.25) is 0 Å². The van der Waals surface area contributed by atoms with Gasteiger partial charge < -0.3 is 14.7 Å². The minimum absolute atomic E-state index is 0.0707. The number of aromatic amines is 1. The number of pyridine rings is 1. The van der Waals surface area contributed by atoms with Gasteiger partial charge >= 0.3 is 0 Å². The number of nitrogens with zero attached hydrogens (tertiary/aromatic N) is 4. The van der Waals surface area contributed by atoms with Crippen molar-refractivity contribution in [2.24, 2.45) is 5.92 Å². The van der Waals surface area contributed by atoms with E-state index in [0.29, 0.717) is 24.2 Å². The zero-order chi connectivity index (χ0) is 15.8. The minimum Gasteiger partial charge on any atom is -0.388 e. The van der Waals surface area contributed by atoms with E-state index < -0.39 is 0 Å². The van der Waals surface area contributed by atoms with E-state index in [-0.39, 0.29) is 6.61 Å². The molecule has 118 valence electrons. The van der Waals surface area contributed by atoms with Gasteiger partial charge in [-0.05, 0) is 37.7 Å². The zero-order valence-electron chi connectivity index (χ0n) is 12.9. The van der Waals surface area contributed by atoms with Crippen LogP contribution >= 0.6 is 0 Å². The van der Waals surface area contributed by atoms with Crippen LogP contribution in [-0.4, -0.2) is 24.6 Å². The normalized spacial score (nSPS) is 21.7. The summed E-state index contributed by atoms with van der Waals surface area (Å²) in [7, 11) is 0. The Morgan fingerprint density at radius 2 is 2.17 bits per heavy atom. The van der Waals surface area contributed by atoms with Gasteiger partial charge in [0.1, 0.15) is 23.6 Å². The molecule has 4 rings (SSSR count). The third-order valence-corrected chi connectivity index (χ3v) is 5.01. The highest BCUT2D eigenvalue weighted by Gasteiger charge is 2.26. The monoisotopic (exact) mass is 309 g/mol. The lowest BCUT2D eigenvalue weighted by molar-refractivity contribution is 0.239. The standard InChI is InChI=1S/C17H19N5O/c18-7-5-11-1-3-12(4-2-11)22-15(10-23)21-14-9-20-17-13(16(14)22)6-8-19-17/h6,8-9,11-12,23H,1-5,10H2,(H,19,20). The summed E-state index contributed by atoms with van der Waals surface area (Å²) in [4.78, 5) is 12.1. The lowest BCUT2D eigenvalue weighted by Crippen LogP contribution is -2.20. The summed E-state index contributed by atoms with van der Waals surface area (Å²) in [6, 6.07) is 4.64. The summed E-state index contributed by atoms with van der Waals surface area (Å²) in [5, 5.41) is 19.7. The van der Waals surface area contributed by atoms with E-state index in [4.69, 9.17) is 5.26 Å². The Hall–Kier alpha value is -2.39. The predicted molar refractivity (Wildman–Crippen MR) is 86.5 cm³/mol. The molecular formula is C17H19N5O. The Labute approximate surface area is 133 Å². The second-order valence-electron chi connectivity index (χ2n) is 6.32. The molecule has 1 aliphatic rings. The van der Waals surface area contributed by atoms with Gasteiger partial charge in [-0.2, -0.15) is 5.26 Å². The van der Waals surface area contributed by atoms with Crippen LogP contribution in [0.25, 0.3) is 22.1 Å². The van der Waals surface area contributed by atoms with Crippen LogP contribution in [0.3, 0.4) is 0 Å². The molecule has 0 unspecified atom stereocenters. The van der Waals surface area contributed by atoms with Crippen molar-refractivity contribution in [2.45, 2.75) is 44.8 Å². The number of imidazole rings is 1. The van der Waals surface area contributed by atoms with E-state index in [1.165, 1.54) is 0 Å². The van der Waals surface area contributed by atoms with Gasteiger partial charge in [0.15, 0.2) is 0 Å². The fourth-order valence-corrected chi connectivity index (χ4v) is 3.88. The summed E-state index contributed by atoms with van der Waals surface area (Å²) in [5.41, 5.74) is 2.74. The number of hydrogen-bond acceptors (Lipinski definition) is 4. The van der Waals surface area contributed by atoms with Crippen LogP contribution in [0.5, 0.6) is 0 Å². The predicted octanol–water partition coefficient (Wildman–Crippen LogP) is 3.05. The smallest absolute Gasteiger partial charge is 0.139 e. The average Bonchev–Trinajstić information content (AvgIpc) is 3.19. The summed E-state index contributed by atoms with van der Waals surface area (Å²) >= 11 is 0. The van der Waals surface area contributed by atoms with Crippen LogP contribution in [0.4, 0.5) is 0 Å². The number of rotatable bonds is 3. The van der Waals surface area contributed by atoms with E-state index in [0.717, 1.165) is 47.8 Å².